The predicted molar refractivity (Wildman–Crippen MR) is 136 cm³/mol. The van der Waals surface area contributed by atoms with E-state index in [-0.39, 0.29) is 6.04 Å². The highest BCUT2D eigenvalue weighted by Gasteiger charge is 2.26. The molecular weight excluding hydrogens is 424 g/mol. The Bertz CT molecular complexity index is 1340. The lowest BCUT2D eigenvalue weighted by molar-refractivity contribution is 0.578. The summed E-state index contributed by atoms with van der Waals surface area (Å²) in [5.74, 6) is 0.866. The molecule has 174 valence electrons. The van der Waals surface area contributed by atoms with Crippen molar-refractivity contribution in [2.45, 2.75) is 32.2 Å². The summed E-state index contributed by atoms with van der Waals surface area (Å²) in [6.07, 6.45) is 7.71. The maximum absolute atomic E-state index is 4.97. The summed E-state index contributed by atoms with van der Waals surface area (Å²) in [5, 5.41) is 12.0. The topological polar surface area (TPSA) is 86.7 Å². The van der Waals surface area contributed by atoms with E-state index in [4.69, 9.17) is 10.1 Å². The van der Waals surface area contributed by atoms with Gasteiger partial charge in [-0.3, -0.25) is 9.67 Å². The van der Waals surface area contributed by atoms with Gasteiger partial charge in [0.05, 0.1) is 34.2 Å². The van der Waals surface area contributed by atoms with Gasteiger partial charge in [0.15, 0.2) is 0 Å². The number of aromatic amines is 1. The summed E-state index contributed by atoms with van der Waals surface area (Å²) >= 11 is 0. The van der Waals surface area contributed by atoms with Crippen LogP contribution in [0.5, 0.6) is 0 Å². The molecule has 0 bridgehead atoms. The molecule has 34 heavy (non-hydrogen) atoms. The van der Waals surface area contributed by atoms with Crippen LogP contribution in [0, 0.1) is 0 Å². The fourth-order valence-electron chi connectivity index (χ4n) is 4.99. The van der Waals surface area contributed by atoms with Crippen molar-refractivity contribution in [3.63, 3.8) is 0 Å². The van der Waals surface area contributed by atoms with Crippen LogP contribution in [0.1, 0.15) is 49.4 Å². The molecule has 4 aromatic rings. The van der Waals surface area contributed by atoms with Gasteiger partial charge in [-0.2, -0.15) is 5.10 Å². The summed E-state index contributed by atoms with van der Waals surface area (Å²) in [5.41, 5.74) is 8.29. The van der Waals surface area contributed by atoms with Crippen molar-refractivity contribution in [3.05, 3.63) is 66.0 Å². The molecule has 2 aliphatic heterocycles. The molecule has 0 spiro atoms. The van der Waals surface area contributed by atoms with Gasteiger partial charge in [0.1, 0.15) is 11.5 Å². The number of pyridine rings is 1. The molecule has 1 saturated heterocycles. The molecular formula is C26H30N8. The average Bonchev–Trinajstić information content (AvgIpc) is 3.47. The minimum atomic E-state index is 0.0224. The van der Waals surface area contributed by atoms with Gasteiger partial charge in [-0.15, -0.1) is 0 Å². The Labute approximate surface area is 199 Å². The second-order valence-corrected chi connectivity index (χ2v) is 9.23. The number of hydrogen-bond donors (Lipinski definition) is 3. The molecule has 2 aliphatic rings. The zero-order chi connectivity index (χ0) is 23.1. The van der Waals surface area contributed by atoms with Crippen molar-refractivity contribution in [3.8, 4) is 0 Å². The monoisotopic (exact) mass is 454 g/mol. The maximum Gasteiger partial charge on any atom is 0.138 e. The number of imidazole rings is 1. The van der Waals surface area contributed by atoms with Gasteiger partial charge in [-0.1, -0.05) is 6.07 Å². The Balaban J connectivity index is 1.40. The molecule has 5 heterocycles. The number of piperidine rings is 1. The second kappa shape index (κ2) is 8.52. The fraction of sp³-hybridized carbons (Fsp3) is 0.346. The first-order valence-corrected chi connectivity index (χ1v) is 12.1. The van der Waals surface area contributed by atoms with Gasteiger partial charge in [-0.05, 0) is 56.5 Å². The van der Waals surface area contributed by atoms with Crippen LogP contribution in [0.2, 0.25) is 0 Å². The van der Waals surface area contributed by atoms with Crippen LogP contribution in [0.15, 0.2) is 48.8 Å². The van der Waals surface area contributed by atoms with Crippen molar-refractivity contribution in [1.82, 2.24) is 30.0 Å². The van der Waals surface area contributed by atoms with Crippen LogP contribution in [-0.4, -0.2) is 44.4 Å². The summed E-state index contributed by atoms with van der Waals surface area (Å²) in [7, 11) is 1.95. The normalized spacial score (nSPS) is 16.9. The van der Waals surface area contributed by atoms with Gasteiger partial charge in [-0.25, -0.2) is 4.98 Å². The predicted octanol–water partition coefficient (Wildman–Crippen LogP) is 4.33. The molecule has 8 heteroatoms. The number of H-pyrrole nitrogens is 1. The fourth-order valence-corrected chi connectivity index (χ4v) is 4.99. The van der Waals surface area contributed by atoms with Crippen molar-refractivity contribution in [2.75, 3.05) is 29.9 Å². The van der Waals surface area contributed by atoms with Gasteiger partial charge in [0.25, 0.3) is 0 Å². The standard InChI is InChI=1S/C26H30N8/c1-17(20-8-4-5-11-27-20)29-24-19(15-28-23-16-33(2)32-25(23)24)26-30-21-10-9-18(14-22(21)31-26)34-12-6-3-7-13-34/h4-5,8-11,14,16-17,28-29H,3,6-7,12-13,15H2,1-2H3,(H,30,31)/t17-/m0/s1. The minimum Gasteiger partial charge on any atom is -0.378 e. The Morgan fingerprint density at radius 2 is 1.97 bits per heavy atom. The Morgan fingerprint density at radius 3 is 2.79 bits per heavy atom. The van der Waals surface area contributed by atoms with Crippen LogP contribution < -0.4 is 15.5 Å². The first-order valence-electron chi connectivity index (χ1n) is 12.1. The summed E-state index contributed by atoms with van der Waals surface area (Å²) in [4.78, 5) is 15.6. The highest BCUT2D eigenvalue weighted by Crippen LogP contribution is 2.34. The lowest BCUT2D eigenvalue weighted by Gasteiger charge is -2.28. The van der Waals surface area contributed by atoms with Crippen molar-refractivity contribution < 1.29 is 0 Å². The second-order valence-electron chi connectivity index (χ2n) is 9.23. The van der Waals surface area contributed by atoms with E-state index in [1.54, 1.807) is 0 Å². The molecule has 1 atom stereocenters. The quantitative estimate of drug-likeness (QED) is 0.416. The van der Waals surface area contributed by atoms with Crippen LogP contribution >= 0.6 is 0 Å². The molecule has 1 aromatic carbocycles. The molecule has 0 saturated carbocycles. The first kappa shape index (κ1) is 20.8. The number of rotatable bonds is 5. The van der Waals surface area contributed by atoms with E-state index in [2.05, 4.69) is 50.6 Å². The highest BCUT2D eigenvalue weighted by atomic mass is 15.3. The number of hydrogen-bond acceptors (Lipinski definition) is 6. The number of aryl methyl sites for hydroxylation is 1. The third-order valence-electron chi connectivity index (χ3n) is 6.79. The lowest BCUT2D eigenvalue weighted by atomic mass is 10.0. The molecule has 1 fully saturated rings. The van der Waals surface area contributed by atoms with E-state index < -0.39 is 0 Å². The van der Waals surface area contributed by atoms with Gasteiger partial charge >= 0.3 is 0 Å². The molecule has 3 aromatic heterocycles. The van der Waals surface area contributed by atoms with Crippen LogP contribution in [0.4, 0.5) is 11.4 Å². The van der Waals surface area contributed by atoms with Crippen molar-refractivity contribution in [1.29, 1.82) is 0 Å². The highest BCUT2D eigenvalue weighted by molar-refractivity contribution is 5.96. The number of benzene rings is 1. The number of nitrogens with one attached hydrogen (secondary N) is 3. The first-order chi connectivity index (χ1) is 16.7. The van der Waals surface area contributed by atoms with E-state index >= 15 is 0 Å². The van der Waals surface area contributed by atoms with Gasteiger partial charge in [0, 0.05) is 50.3 Å². The third kappa shape index (κ3) is 3.79. The van der Waals surface area contributed by atoms with Crippen LogP contribution in [0.3, 0.4) is 0 Å². The Morgan fingerprint density at radius 1 is 1.09 bits per heavy atom. The van der Waals surface area contributed by atoms with Gasteiger partial charge in [0.2, 0.25) is 0 Å². The average molecular weight is 455 g/mol. The van der Waals surface area contributed by atoms with E-state index in [0.29, 0.717) is 6.54 Å². The zero-order valence-electron chi connectivity index (χ0n) is 19.7. The number of aromatic nitrogens is 5. The maximum atomic E-state index is 4.97. The van der Waals surface area contributed by atoms with E-state index in [0.717, 1.165) is 58.3 Å². The minimum absolute atomic E-state index is 0.0224. The summed E-state index contributed by atoms with van der Waals surface area (Å²) < 4.78 is 1.84. The molecule has 0 amide bonds. The van der Waals surface area contributed by atoms with Crippen LogP contribution in [0.25, 0.3) is 22.3 Å². The van der Waals surface area contributed by atoms with Gasteiger partial charge < -0.3 is 20.5 Å². The molecule has 0 unspecified atom stereocenters. The Kier molecular flexibility index (Phi) is 5.20. The third-order valence-corrected chi connectivity index (χ3v) is 6.79. The van der Waals surface area contributed by atoms with E-state index in [1.807, 2.05) is 42.3 Å². The molecule has 0 aliphatic carbocycles. The van der Waals surface area contributed by atoms with Crippen LogP contribution in [-0.2, 0) is 7.05 Å². The Hall–Kier alpha value is -3.81. The van der Waals surface area contributed by atoms with E-state index in [9.17, 15) is 0 Å². The largest absolute Gasteiger partial charge is 0.378 e. The number of fused-ring (bicyclic) bond motifs is 2. The smallest absolute Gasteiger partial charge is 0.138 e. The lowest BCUT2D eigenvalue weighted by Crippen LogP contribution is -2.29. The molecule has 0 radical (unpaired) electrons. The van der Waals surface area contributed by atoms with Crippen molar-refractivity contribution >= 4 is 33.7 Å². The zero-order valence-corrected chi connectivity index (χ0v) is 19.7. The molecule has 6 rings (SSSR count). The molecule has 3 N–H and O–H groups in total. The summed E-state index contributed by atoms with van der Waals surface area (Å²) in [6.45, 7) is 5.04. The van der Waals surface area contributed by atoms with Crippen molar-refractivity contribution in [2.24, 2.45) is 7.05 Å². The number of anilines is 2. The molecule has 8 nitrogen and oxygen atoms in total. The number of nitrogens with zero attached hydrogens (tertiary/aromatic N) is 5. The summed E-state index contributed by atoms with van der Waals surface area (Å²) in [6, 6.07) is 12.6. The SMILES string of the molecule is C[C@H](NC1=C(c2nc3ccc(N4CCCCC4)cc3[nH]2)CNc2cn(C)nc21)c1ccccn1. The van der Waals surface area contributed by atoms with E-state index in [1.165, 1.54) is 24.9 Å².